The largest absolute Gasteiger partial charge is 0.374 e. The second kappa shape index (κ2) is 7.49. The molecule has 4 atom stereocenters. The van der Waals surface area contributed by atoms with Gasteiger partial charge in [-0.05, 0) is 45.1 Å². The van der Waals surface area contributed by atoms with Gasteiger partial charge in [0, 0.05) is 12.6 Å². The summed E-state index contributed by atoms with van der Waals surface area (Å²) in [5.74, 6) is 1.58. The standard InChI is InChI=1S/C16H33NO/c1-6-13(3)11-15(17-5)16(18-7-2)10-8-9-14(4)12-16/h13-15,17H,6-12H2,1-5H3. The molecule has 0 aromatic rings. The Hall–Kier alpha value is -0.0800. The third-order valence-corrected chi connectivity index (χ3v) is 4.74. The highest BCUT2D eigenvalue weighted by Crippen LogP contribution is 2.39. The van der Waals surface area contributed by atoms with E-state index in [9.17, 15) is 0 Å². The first-order valence-electron chi connectivity index (χ1n) is 7.89. The minimum Gasteiger partial charge on any atom is -0.374 e. The Bertz CT molecular complexity index is 227. The van der Waals surface area contributed by atoms with Gasteiger partial charge in [0.2, 0.25) is 0 Å². The summed E-state index contributed by atoms with van der Waals surface area (Å²) in [6.45, 7) is 10.00. The molecule has 0 saturated heterocycles. The van der Waals surface area contributed by atoms with Crippen molar-refractivity contribution in [2.75, 3.05) is 13.7 Å². The predicted octanol–water partition coefficient (Wildman–Crippen LogP) is 4.00. The van der Waals surface area contributed by atoms with E-state index in [4.69, 9.17) is 4.74 Å². The van der Waals surface area contributed by atoms with Crippen LogP contribution in [0.5, 0.6) is 0 Å². The van der Waals surface area contributed by atoms with Gasteiger partial charge < -0.3 is 10.1 Å². The maximum absolute atomic E-state index is 6.28. The summed E-state index contributed by atoms with van der Waals surface area (Å²) in [5.41, 5.74) is 0.0879. The van der Waals surface area contributed by atoms with E-state index < -0.39 is 0 Å². The lowest BCUT2D eigenvalue weighted by Gasteiger charge is -2.46. The number of likely N-dealkylation sites (N-methyl/N-ethyl adjacent to an activating group) is 1. The van der Waals surface area contributed by atoms with Gasteiger partial charge in [0.1, 0.15) is 0 Å². The van der Waals surface area contributed by atoms with Crippen LogP contribution in [-0.2, 0) is 4.74 Å². The molecule has 0 radical (unpaired) electrons. The van der Waals surface area contributed by atoms with Crippen LogP contribution < -0.4 is 5.32 Å². The van der Waals surface area contributed by atoms with Crippen molar-refractivity contribution in [3.05, 3.63) is 0 Å². The van der Waals surface area contributed by atoms with Crippen LogP contribution in [-0.4, -0.2) is 25.3 Å². The first kappa shape index (κ1) is 16.0. The summed E-state index contributed by atoms with van der Waals surface area (Å²) >= 11 is 0. The van der Waals surface area contributed by atoms with Crippen molar-refractivity contribution >= 4 is 0 Å². The molecule has 18 heavy (non-hydrogen) atoms. The monoisotopic (exact) mass is 255 g/mol. The third kappa shape index (κ3) is 3.96. The normalized spacial score (nSPS) is 32.2. The van der Waals surface area contributed by atoms with Crippen LogP contribution in [0, 0.1) is 11.8 Å². The van der Waals surface area contributed by atoms with Crippen LogP contribution in [0.25, 0.3) is 0 Å². The van der Waals surface area contributed by atoms with Crippen LogP contribution in [0.15, 0.2) is 0 Å². The molecule has 1 aliphatic carbocycles. The number of hydrogen-bond donors (Lipinski definition) is 1. The molecule has 1 fully saturated rings. The molecule has 0 aromatic heterocycles. The molecule has 0 bridgehead atoms. The fraction of sp³-hybridized carbons (Fsp3) is 1.00. The molecular formula is C16H33NO. The third-order valence-electron chi connectivity index (χ3n) is 4.74. The maximum Gasteiger partial charge on any atom is 0.0837 e. The van der Waals surface area contributed by atoms with E-state index in [0.717, 1.165) is 18.4 Å². The van der Waals surface area contributed by atoms with Crippen molar-refractivity contribution in [2.45, 2.75) is 77.9 Å². The molecule has 1 aliphatic rings. The summed E-state index contributed by atoms with van der Waals surface area (Å²) in [6, 6.07) is 0.509. The zero-order chi connectivity index (χ0) is 13.6. The zero-order valence-electron chi connectivity index (χ0n) is 13.1. The number of ether oxygens (including phenoxy) is 1. The molecule has 1 rings (SSSR count). The molecule has 2 heteroatoms. The van der Waals surface area contributed by atoms with Crippen molar-refractivity contribution in [1.29, 1.82) is 0 Å². The van der Waals surface area contributed by atoms with E-state index in [1.54, 1.807) is 0 Å². The van der Waals surface area contributed by atoms with E-state index in [2.05, 4.69) is 40.1 Å². The Balaban J connectivity index is 2.78. The number of rotatable bonds is 7. The first-order chi connectivity index (χ1) is 8.57. The minimum absolute atomic E-state index is 0.0879. The molecule has 108 valence electrons. The molecule has 0 aliphatic heterocycles. The fourth-order valence-corrected chi connectivity index (χ4v) is 3.54. The molecule has 1 N–H and O–H groups in total. The Morgan fingerprint density at radius 1 is 1.39 bits per heavy atom. The summed E-state index contributed by atoms with van der Waals surface area (Å²) in [7, 11) is 2.10. The quantitative estimate of drug-likeness (QED) is 0.742. The van der Waals surface area contributed by atoms with E-state index in [-0.39, 0.29) is 5.60 Å². The second-order valence-electron chi connectivity index (χ2n) is 6.29. The van der Waals surface area contributed by atoms with Gasteiger partial charge in [0.15, 0.2) is 0 Å². The summed E-state index contributed by atoms with van der Waals surface area (Å²) < 4.78 is 6.28. The number of nitrogens with one attached hydrogen (secondary N) is 1. The van der Waals surface area contributed by atoms with Gasteiger partial charge in [-0.1, -0.05) is 40.0 Å². The van der Waals surface area contributed by atoms with Gasteiger partial charge in [-0.15, -0.1) is 0 Å². The molecule has 4 unspecified atom stereocenters. The Morgan fingerprint density at radius 3 is 2.61 bits per heavy atom. The SMILES string of the molecule is CCOC1(C(CC(C)CC)NC)CCCC(C)C1. The van der Waals surface area contributed by atoms with E-state index in [0.29, 0.717) is 6.04 Å². The van der Waals surface area contributed by atoms with Crippen LogP contribution in [0.4, 0.5) is 0 Å². The number of hydrogen-bond acceptors (Lipinski definition) is 2. The molecule has 0 spiro atoms. The van der Waals surface area contributed by atoms with Crippen LogP contribution >= 0.6 is 0 Å². The topological polar surface area (TPSA) is 21.3 Å². The maximum atomic E-state index is 6.28. The van der Waals surface area contributed by atoms with Gasteiger partial charge in [0.25, 0.3) is 0 Å². The minimum atomic E-state index is 0.0879. The van der Waals surface area contributed by atoms with Gasteiger partial charge in [-0.2, -0.15) is 0 Å². The second-order valence-corrected chi connectivity index (χ2v) is 6.29. The highest BCUT2D eigenvalue weighted by atomic mass is 16.5. The van der Waals surface area contributed by atoms with Crippen molar-refractivity contribution in [3.63, 3.8) is 0 Å². The smallest absolute Gasteiger partial charge is 0.0837 e. The zero-order valence-corrected chi connectivity index (χ0v) is 13.1. The average molecular weight is 255 g/mol. The van der Waals surface area contributed by atoms with Crippen molar-refractivity contribution in [1.82, 2.24) is 5.32 Å². The summed E-state index contributed by atoms with van der Waals surface area (Å²) in [4.78, 5) is 0. The Labute approximate surface area is 114 Å². The fourth-order valence-electron chi connectivity index (χ4n) is 3.54. The first-order valence-corrected chi connectivity index (χ1v) is 7.89. The van der Waals surface area contributed by atoms with Gasteiger partial charge in [-0.25, -0.2) is 0 Å². The van der Waals surface area contributed by atoms with Crippen molar-refractivity contribution in [3.8, 4) is 0 Å². The summed E-state index contributed by atoms with van der Waals surface area (Å²) in [5, 5.41) is 3.56. The van der Waals surface area contributed by atoms with E-state index in [1.165, 1.54) is 38.5 Å². The van der Waals surface area contributed by atoms with Crippen molar-refractivity contribution < 1.29 is 4.74 Å². The van der Waals surface area contributed by atoms with Gasteiger partial charge in [-0.3, -0.25) is 0 Å². The molecular weight excluding hydrogens is 222 g/mol. The lowest BCUT2D eigenvalue weighted by molar-refractivity contribution is -0.103. The Kier molecular flexibility index (Phi) is 6.65. The van der Waals surface area contributed by atoms with Crippen LogP contribution in [0.2, 0.25) is 0 Å². The summed E-state index contributed by atoms with van der Waals surface area (Å²) in [6.07, 6.45) is 7.64. The Morgan fingerprint density at radius 2 is 2.11 bits per heavy atom. The van der Waals surface area contributed by atoms with Crippen molar-refractivity contribution in [2.24, 2.45) is 11.8 Å². The van der Waals surface area contributed by atoms with Crippen LogP contribution in [0.3, 0.4) is 0 Å². The van der Waals surface area contributed by atoms with E-state index in [1.807, 2.05) is 0 Å². The highest BCUT2D eigenvalue weighted by molar-refractivity contribution is 4.97. The average Bonchev–Trinajstić information content (AvgIpc) is 2.35. The lowest BCUT2D eigenvalue weighted by atomic mass is 9.72. The van der Waals surface area contributed by atoms with Gasteiger partial charge in [0.05, 0.1) is 5.60 Å². The molecule has 0 amide bonds. The molecule has 2 nitrogen and oxygen atoms in total. The highest BCUT2D eigenvalue weighted by Gasteiger charge is 2.42. The molecule has 0 heterocycles. The molecule has 0 aromatic carbocycles. The van der Waals surface area contributed by atoms with Gasteiger partial charge >= 0.3 is 0 Å². The van der Waals surface area contributed by atoms with E-state index >= 15 is 0 Å². The predicted molar refractivity (Wildman–Crippen MR) is 78.9 cm³/mol. The molecule has 1 saturated carbocycles. The lowest BCUT2D eigenvalue weighted by Crippen LogP contribution is -2.54. The van der Waals surface area contributed by atoms with Crippen LogP contribution in [0.1, 0.15) is 66.2 Å².